The average molecular weight is 350 g/mol. The van der Waals surface area contributed by atoms with Gasteiger partial charge in [-0.05, 0) is 24.6 Å². The molecule has 25 heavy (non-hydrogen) atoms. The maximum Gasteiger partial charge on any atom is 0.244 e. The van der Waals surface area contributed by atoms with E-state index in [0.717, 1.165) is 17.2 Å². The SMILES string of the molecule is CC(=O)N(CC(=O)Nc1ccc(F)c(F)c1F)Cc1ccc(C)cc1. The number of nitrogens with zero attached hydrogens (tertiary/aromatic N) is 1. The van der Waals surface area contributed by atoms with E-state index in [1.807, 2.05) is 31.2 Å². The van der Waals surface area contributed by atoms with Gasteiger partial charge in [-0.15, -0.1) is 0 Å². The number of carbonyl (C=O) groups excluding carboxylic acids is 2. The Morgan fingerprint density at radius 2 is 1.64 bits per heavy atom. The fraction of sp³-hybridized carbons (Fsp3) is 0.222. The van der Waals surface area contributed by atoms with Crippen molar-refractivity contribution in [2.45, 2.75) is 20.4 Å². The van der Waals surface area contributed by atoms with Gasteiger partial charge in [-0.1, -0.05) is 29.8 Å². The summed E-state index contributed by atoms with van der Waals surface area (Å²) in [5.41, 5.74) is 1.40. The van der Waals surface area contributed by atoms with Gasteiger partial charge in [0.15, 0.2) is 17.5 Å². The van der Waals surface area contributed by atoms with E-state index in [0.29, 0.717) is 6.07 Å². The number of hydrogen-bond acceptors (Lipinski definition) is 2. The number of amides is 2. The Bertz CT molecular complexity index is 792. The van der Waals surface area contributed by atoms with E-state index >= 15 is 0 Å². The quantitative estimate of drug-likeness (QED) is 0.841. The van der Waals surface area contributed by atoms with Crippen LogP contribution in [0.5, 0.6) is 0 Å². The van der Waals surface area contributed by atoms with Crippen LogP contribution in [0.25, 0.3) is 0 Å². The smallest absolute Gasteiger partial charge is 0.244 e. The van der Waals surface area contributed by atoms with Crippen LogP contribution in [0.4, 0.5) is 18.9 Å². The van der Waals surface area contributed by atoms with Gasteiger partial charge >= 0.3 is 0 Å². The second-order valence-corrected chi connectivity index (χ2v) is 5.63. The molecular weight excluding hydrogens is 333 g/mol. The minimum atomic E-state index is -1.67. The van der Waals surface area contributed by atoms with Crippen molar-refractivity contribution >= 4 is 17.5 Å². The summed E-state index contributed by atoms with van der Waals surface area (Å²) in [6.07, 6.45) is 0. The Morgan fingerprint density at radius 3 is 2.24 bits per heavy atom. The average Bonchev–Trinajstić information content (AvgIpc) is 2.56. The van der Waals surface area contributed by atoms with Crippen molar-refractivity contribution in [1.82, 2.24) is 4.90 Å². The first-order valence-electron chi connectivity index (χ1n) is 7.52. The second kappa shape index (κ2) is 7.83. The fourth-order valence-corrected chi connectivity index (χ4v) is 2.18. The molecule has 2 amide bonds. The molecule has 0 heterocycles. The van der Waals surface area contributed by atoms with Gasteiger partial charge < -0.3 is 10.2 Å². The highest BCUT2D eigenvalue weighted by molar-refractivity contribution is 5.94. The molecule has 7 heteroatoms. The Hall–Kier alpha value is -2.83. The molecule has 2 aromatic rings. The number of nitrogens with one attached hydrogen (secondary N) is 1. The first-order chi connectivity index (χ1) is 11.8. The van der Waals surface area contributed by atoms with Gasteiger partial charge in [-0.3, -0.25) is 9.59 Å². The summed E-state index contributed by atoms with van der Waals surface area (Å²) in [4.78, 5) is 25.0. The molecule has 2 aromatic carbocycles. The molecular formula is C18H17F3N2O2. The Morgan fingerprint density at radius 1 is 1.00 bits per heavy atom. The van der Waals surface area contributed by atoms with Crippen LogP contribution < -0.4 is 5.32 Å². The Kier molecular flexibility index (Phi) is 5.80. The minimum Gasteiger partial charge on any atom is -0.329 e. The van der Waals surface area contributed by atoms with Gasteiger partial charge in [0.1, 0.15) is 6.54 Å². The van der Waals surface area contributed by atoms with E-state index in [9.17, 15) is 22.8 Å². The Labute approximate surface area is 143 Å². The summed E-state index contributed by atoms with van der Waals surface area (Å²) in [7, 11) is 0. The molecule has 0 aliphatic heterocycles. The van der Waals surface area contributed by atoms with Crippen LogP contribution in [0.1, 0.15) is 18.1 Å². The first-order valence-corrected chi connectivity index (χ1v) is 7.52. The second-order valence-electron chi connectivity index (χ2n) is 5.63. The van der Waals surface area contributed by atoms with Gasteiger partial charge in [-0.2, -0.15) is 0 Å². The van der Waals surface area contributed by atoms with E-state index in [-0.39, 0.29) is 19.0 Å². The molecule has 0 aliphatic carbocycles. The highest BCUT2D eigenvalue weighted by atomic mass is 19.2. The number of halogens is 3. The third-order valence-electron chi connectivity index (χ3n) is 3.58. The summed E-state index contributed by atoms with van der Waals surface area (Å²) in [5, 5.41) is 2.14. The van der Waals surface area contributed by atoms with Crippen LogP contribution in [0, 0.1) is 24.4 Å². The van der Waals surface area contributed by atoms with Gasteiger partial charge in [0, 0.05) is 13.5 Å². The maximum absolute atomic E-state index is 13.6. The predicted octanol–water partition coefficient (Wildman–Crippen LogP) is 3.40. The van der Waals surface area contributed by atoms with Crippen LogP contribution in [0.15, 0.2) is 36.4 Å². The Balaban J connectivity index is 2.06. The number of aryl methyl sites for hydroxylation is 1. The summed E-state index contributed by atoms with van der Waals surface area (Å²) < 4.78 is 39.7. The number of rotatable bonds is 5. The van der Waals surface area contributed by atoms with E-state index in [1.54, 1.807) is 0 Å². The molecule has 0 bridgehead atoms. The number of anilines is 1. The molecule has 0 saturated carbocycles. The van der Waals surface area contributed by atoms with Crippen molar-refractivity contribution in [1.29, 1.82) is 0 Å². The summed E-state index contributed by atoms with van der Waals surface area (Å²) >= 11 is 0. The molecule has 0 radical (unpaired) electrons. The van der Waals surface area contributed by atoms with Crippen LogP contribution in [-0.4, -0.2) is 23.3 Å². The maximum atomic E-state index is 13.6. The zero-order chi connectivity index (χ0) is 18.6. The van der Waals surface area contributed by atoms with E-state index in [1.165, 1.54) is 11.8 Å². The van der Waals surface area contributed by atoms with E-state index < -0.39 is 29.0 Å². The number of benzene rings is 2. The zero-order valence-corrected chi connectivity index (χ0v) is 13.8. The minimum absolute atomic E-state index is 0.198. The lowest BCUT2D eigenvalue weighted by Gasteiger charge is -2.21. The number of hydrogen-bond donors (Lipinski definition) is 1. The summed E-state index contributed by atoms with van der Waals surface area (Å²) in [6.45, 7) is 3.08. The van der Waals surface area contributed by atoms with Gasteiger partial charge in [0.05, 0.1) is 5.69 Å². The standard InChI is InChI=1S/C18H17F3N2O2/c1-11-3-5-13(6-4-11)9-23(12(2)24)10-16(25)22-15-8-7-14(19)17(20)18(15)21/h3-8H,9-10H2,1-2H3,(H,22,25). The molecule has 0 atom stereocenters. The highest BCUT2D eigenvalue weighted by Crippen LogP contribution is 2.19. The molecule has 2 rings (SSSR count). The summed E-state index contributed by atoms with van der Waals surface area (Å²) in [5.74, 6) is -5.56. The van der Waals surface area contributed by atoms with Gasteiger partial charge in [-0.25, -0.2) is 13.2 Å². The van der Waals surface area contributed by atoms with Crippen molar-refractivity contribution in [3.63, 3.8) is 0 Å². The molecule has 0 spiro atoms. The first kappa shape index (κ1) is 18.5. The van der Waals surface area contributed by atoms with Crippen molar-refractivity contribution in [2.24, 2.45) is 0 Å². The lowest BCUT2D eigenvalue weighted by molar-refractivity contribution is -0.133. The molecule has 4 nitrogen and oxygen atoms in total. The van der Waals surface area contributed by atoms with Crippen molar-refractivity contribution in [3.05, 3.63) is 65.0 Å². The molecule has 0 fully saturated rings. The fourth-order valence-electron chi connectivity index (χ4n) is 2.18. The van der Waals surface area contributed by atoms with E-state index in [4.69, 9.17) is 0 Å². The van der Waals surface area contributed by atoms with Gasteiger partial charge in [0.2, 0.25) is 11.8 Å². The molecule has 0 unspecified atom stereocenters. The van der Waals surface area contributed by atoms with Crippen LogP contribution in [0.2, 0.25) is 0 Å². The van der Waals surface area contributed by atoms with Crippen LogP contribution in [-0.2, 0) is 16.1 Å². The molecule has 0 saturated heterocycles. The van der Waals surface area contributed by atoms with Crippen LogP contribution in [0.3, 0.4) is 0 Å². The topological polar surface area (TPSA) is 49.4 Å². The molecule has 132 valence electrons. The van der Waals surface area contributed by atoms with E-state index in [2.05, 4.69) is 5.32 Å². The third kappa shape index (κ3) is 4.82. The van der Waals surface area contributed by atoms with Crippen LogP contribution >= 0.6 is 0 Å². The predicted molar refractivity (Wildman–Crippen MR) is 87.2 cm³/mol. The normalized spacial score (nSPS) is 10.4. The molecule has 1 N–H and O–H groups in total. The van der Waals surface area contributed by atoms with Gasteiger partial charge in [0.25, 0.3) is 0 Å². The van der Waals surface area contributed by atoms with Crippen molar-refractivity contribution < 1.29 is 22.8 Å². The monoisotopic (exact) mass is 350 g/mol. The summed E-state index contributed by atoms with van der Waals surface area (Å²) in [6, 6.07) is 9.05. The third-order valence-corrected chi connectivity index (χ3v) is 3.58. The molecule has 0 aliphatic rings. The lowest BCUT2D eigenvalue weighted by atomic mass is 10.1. The van der Waals surface area contributed by atoms with Crippen molar-refractivity contribution in [3.8, 4) is 0 Å². The highest BCUT2D eigenvalue weighted by Gasteiger charge is 2.18. The molecule has 0 aromatic heterocycles. The number of carbonyl (C=O) groups is 2. The van der Waals surface area contributed by atoms with Crippen molar-refractivity contribution in [2.75, 3.05) is 11.9 Å². The zero-order valence-electron chi connectivity index (χ0n) is 13.8. The lowest BCUT2D eigenvalue weighted by Crippen LogP contribution is -2.36. The largest absolute Gasteiger partial charge is 0.329 e.